The van der Waals surface area contributed by atoms with Crippen LogP contribution in [-0.2, 0) is 0 Å². The average Bonchev–Trinajstić information content (AvgIpc) is 3.06. The maximum Gasteiger partial charge on any atom is 0.0568 e. The summed E-state index contributed by atoms with van der Waals surface area (Å²) < 4.78 is 0. The zero-order valence-corrected chi connectivity index (χ0v) is 20.7. The van der Waals surface area contributed by atoms with Crippen molar-refractivity contribution in [2.45, 2.75) is 105 Å². The van der Waals surface area contributed by atoms with Gasteiger partial charge in [-0.25, -0.2) is 0 Å². The number of hydrogen-bond donors (Lipinski definition) is 1. The van der Waals surface area contributed by atoms with Gasteiger partial charge in [0.25, 0.3) is 0 Å². The molecule has 0 aromatic rings. The highest BCUT2D eigenvalue weighted by molar-refractivity contribution is 5.28. The molecule has 9 atom stereocenters. The van der Waals surface area contributed by atoms with Crippen LogP contribution < -0.4 is 0 Å². The zero-order valence-electron chi connectivity index (χ0n) is 20.7. The van der Waals surface area contributed by atoms with Crippen LogP contribution in [0.2, 0.25) is 0 Å². The molecule has 0 bridgehead atoms. The first-order chi connectivity index (χ1) is 14.1. The first kappa shape index (κ1) is 22.6. The van der Waals surface area contributed by atoms with Gasteiger partial charge in [0.1, 0.15) is 0 Å². The van der Waals surface area contributed by atoms with Crippen molar-refractivity contribution in [3.63, 3.8) is 0 Å². The smallest absolute Gasteiger partial charge is 0.0568 e. The monoisotopic (exact) mass is 412 g/mol. The average molecular weight is 413 g/mol. The highest BCUT2D eigenvalue weighted by atomic mass is 16.3. The van der Waals surface area contributed by atoms with E-state index in [9.17, 15) is 5.11 Å². The van der Waals surface area contributed by atoms with E-state index in [0.29, 0.717) is 28.6 Å². The summed E-state index contributed by atoms with van der Waals surface area (Å²) in [4.78, 5) is 0. The third-order valence-electron chi connectivity index (χ3n) is 11.1. The van der Waals surface area contributed by atoms with Crippen molar-refractivity contribution in [2.24, 2.45) is 52.3 Å². The fourth-order valence-corrected chi connectivity index (χ4v) is 8.82. The Morgan fingerprint density at radius 2 is 1.73 bits per heavy atom. The lowest BCUT2D eigenvalue weighted by Crippen LogP contribution is -2.52. The summed E-state index contributed by atoms with van der Waals surface area (Å²) in [6.45, 7) is 19.0. The molecule has 0 aromatic carbocycles. The van der Waals surface area contributed by atoms with E-state index in [1.807, 2.05) is 5.57 Å². The fraction of sp³-hybridized carbons (Fsp3) is 0.862. The molecule has 0 heterocycles. The van der Waals surface area contributed by atoms with Crippen LogP contribution in [0.4, 0.5) is 0 Å². The predicted octanol–water partition coefficient (Wildman–Crippen LogP) is 7.80. The van der Waals surface area contributed by atoms with E-state index in [1.165, 1.54) is 56.9 Å². The molecule has 1 unspecified atom stereocenters. The van der Waals surface area contributed by atoms with E-state index in [-0.39, 0.29) is 6.10 Å². The summed E-state index contributed by atoms with van der Waals surface area (Å²) in [7, 11) is 0. The van der Waals surface area contributed by atoms with Gasteiger partial charge in [0, 0.05) is 0 Å². The molecule has 3 saturated carbocycles. The molecule has 0 aromatic heterocycles. The maximum atomic E-state index is 10.5. The van der Waals surface area contributed by atoms with E-state index in [1.54, 1.807) is 0 Å². The third kappa shape index (κ3) is 3.46. The van der Waals surface area contributed by atoms with Crippen LogP contribution in [0.1, 0.15) is 99.3 Å². The van der Waals surface area contributed by atoms with Crippen molar-refractivity contribution in [2.75, 3.05) is 0 Å². The Balaban J connectivity index is 1.52. The van der Waals surface area contributed by atoms with Gasteiger partial charge in [-0.05, 0) is 110 Å². The molecular formula is C29H48O. The van der Waals surface area contributed by atoms with Crippen molar-refractivity contribution in [1.82, 2.24) is 0 Å². The van der Waals surface area contributed by atoms with Crippen LogP contribution in [0, 0.1) is 52.3 Å². The lowest BCUT2D eigenvalue weighted by atomic mass is 9.46. The zero-order chi connectivity index (χ0) is 21.8. The summed E-state index contributed by atoms with van der Waals surface area (Å²) in [5.41, 5.74) is 4.22. The van der Waals surface area contributed by atoms with Crippen LogP contribution in [0.15, 0.2) is 23.8 Å². The molecule has 0 amide bonds. The Kier molecular flexibility index (Phi) is 6.10. The summed E-state index contributed by atoms with van der Waals surface area (Å²) in [5, 5.41) is 10.5. The van der Waals surface area contributed by atoms with Crippen LogP contribution in [0.5, 0.6) is 0 Å². The van der Waals surface area contributed by atoms with E-state index >= 15 is 0 Å². The Morgan fingerprint density at radius 1 is 1.07 bits per heavy atom. The largest absolute Gasteiger partial charge is 0.393 e. The molecular weight excluding hydrogens is 364 g/mol. The molecule has 0 aliphatic heterocycles. The first-order valence-electron chi connectivity index (χ1n) is 13.1. The van der Waals surface area contributed by atoms with Gasteiger partial charge < -0.3 is 5.11 Å². The third-order valence-corrected chi connectivity index (χ3v) is 11.1. The van der Waals surface area contributed by atoms with Gasteiger partial charge in [-0.1, -0.05) is 65.3 Å². The molecule has 1 N–H and O–H groups in total. The molecule has 0 saturated heterocycles. The van der Waals surface area contributed by atoms with Gasteiger partial charge in [-0.2, -0.15) is 0 Å². The number of rotatable bonds is 5. The molecule has 1 heteroatoms. The quantitative estimate of drug-likeness (QED) is 0.457. The highest BCUT2D eigenvalue weighted by Crippen LogP contribution is 2.67. The maximum absolute atomic E-state index is 10.5. The Morgan fingerprint density at radius 3 is 2.43 bits per heavy atom. The molecule has 0 spiro atoms. The van der Waals surface area contributed by atoms with Crippen molar-refractivity contribution in [3.05, 3.63) is 23.8 Å². The molecule has 4 aliphatic carbocycles. The van der Waals surface area contributed by atoms with Crippen LogP contribution in [-0.4, -0.2) is 11.2 Å². The summed E-state index contributed by atoms with van der Waals surface area (Å²) >= 11 is 0. The minimum atomic E-state index is -0.0795. The van der Waals surface area contributed by atoms with Crippen LogP contribution in [0.25, 0.3) is 0 Å². The van der Waals surface area contributed by atoms with E-state index in [4.69, 9.17) is 0 Å². The van der Waals surface area contributed by atoms with Crippen molar-refractivity contribution < 1.29 is 5.11 Å². The molecule has 0 radical (unpaired) electrons. The minimum absolute atomic E-state index is 0.0795. The summed E-state index contributed by atoms with van der Waals surface area (Å²) in [6.07, 6.45) is 14.2. The number of allylic oxidation sites excluding steroid dienone is 3. The van der Waals surface area contributed by atoms with E-state index < -0.39 is 0 Å². The van der Waals surface area contributed by atoms with E-state index in [2.05, 4.69) is 54.2 Å². The van der Waals surface area contributed by atoms with Crippen molar-refractivity contribution >= 4 is 0 Å². The fourth-order valence-electron chi connectivity index (χ4n) is 8.82. The Labute approximate surface area is 186 Å². The van der Waals surface area contributed by atoms with Crippen LogP contribution >= 0.6 is 0 Å². The topological polar surface area (TPSA) is 20.2 Å². The second-order valence-corrected chi connectivity index (χ2v) is 12.7. The molecule has 170 valence electrons. The van der Waals surface area contributed by atoms with Gasteiger partial charge in [0.2, 0.25) is 0 Å². The van der Waals surface area contributed by atoms with Gasteiger partial charge in [-0.3, -0.25) is 0 Å². The molecule has 1 nitrogen and oxygen atoms in total. The van der Waals surface area contributed by atoms with Gasteiger partial charge in [0.05, 0.1) is 6.10 Å². The summed E-state index contributed by atoms with van der Waals surface area (Å²) in [5.74, 6) is 5.04. The molecule has 4 rings (SSSR count). The van der Waals surface area contributed by atoms with Gasteiger partial charge in [0.15, 0.2) is 0 Å². The number of aliphatic hydroxyl groups excluding tert-OH is 1. The first-order valence-corrected chi connectivity index (χ1v) is 13.1. The van der Waals surface area contributed by atoms with Gasteiger partial charge >= 0.3 is 0 Å². The number of fused-ring (bicyclic) bond motifs is 5. The lowest BCUT2D eigenvalue weighted by molar-refractivity contribution is -0.0773. The van der Waals surface area contributed by atoms with E-state index in [0.717, 1.165) is 30.1 Å². The lowest BCUT2D eigenvalue weighted by Gasteiger charge is -2.59. The minimum Gasteiger partial charge on any atom is -0.393 e. The number of aliphatic hydroxyl groups is 1. The standard InChI is InChI=1S/C29H48O/c1-18(2)19(3)8-9-20(4)23-12-13-25-22-10-11-24-21(5)27(30)15-17-29(24,7)26(22)14-16-28(23,25)6/h10,18,20-21,23-27,30H,3,8-9,11-17H2,1-2,4-7H3/t20?,21-,23+,24-,25-,26-,27-,28+,29-/m0/s1. The Bertz CT molecular complexity index is 688. The van der Waals surface area contributed by atoms with Crippen molar-refractivity contribution in [3.8, 4) is 0 Å². The van der Waals surface area contributed by atoms with Crippen LogP contribution in [0.3, 0.4) is 0 Å². The predicted molar refractivity (Wildman–Crippen MR) is 128 cm³/mol. The summed E-state index contributed by atoms with van der Waals surface area (Å²) in [6, 6.07) is 0. The van der Waals surface area contributed by atoms with Gasteiger partial charge in [-0.15, -0.1) is 0 Å². The normalized spacial score (nSPS) is 46.6. The van der Waals surface area contributed by atoms with Crippen molar-refractivity contribution in [1.29, 1.82) is 0 Å². The molecule has 30 heavy (non-hydrogen) atoms. The molecule has 3 fully saturated rings. The molecule has 4 aliphatic rings. The number of hydrogen-bond acceptors (Lipinski definition) is 1. The highest BCUT2D eigenvalue weighted by Gasteiger charge is 2.59. The Hall–Kier alpha value is -0.560. The second-order valence-electron chi connectivity index (χ2n) is 12.7. The second kappa shape index (κ2) is 8.09. The SMILES string of the molecule is C=C(CCC(C)[C@H]1CC[C@H]2C3=CC[C@H]4[C@H](C)[C@@H](O)CC[C@]4(C)[C@H]3CC[C@]12C)C(C)C.